The molecular formula is C18H17ClN6O3S. The van der Waals surface area contributed by atoms with Crippen LogP contribution in [0.15, 0.2) is 53.7 Å². The van der Waals surface area contributed by atoms with Gasteiger partial charge in [-0.1, -0.05) is 23.4 Å². The second kappa shape index (κ2) is 9.30. The highest BCUT2D eigenvalue weighted by atomic mass is 35.5. The van der Waals surface area contributed by atoms with Crippen LogP contribution in [0.5, 0.6) is 5.75 Å². The van der Waals surface area contributed by atoms with Crippen molar-refractivity contribution in [2.45, 2.75) is 5.16 Å². The van der Waals surface area contributed by atoms with Gasteiger partial charge in [-0.2, -0.15) is 0 Å². The molecule has 0 spiro atoms. The number of halogens is 1. The van der Waals surface area contributed by atoms with Gasteiger partial charge < -0.3 is 10.6 Å². The predicted molar refractivity (Wildman–Crippen MR) is 110 cm³/mol. The average Bonchev–Trinajstić information content (AvgIpc) is 3.11. The predicted octanol–water partition coefficient (Wildman–Crippen LogP) is 1.87. The highest BCUT2D eigenvalue weighted by Gasteiger charge is 2.14. The lowest BCUT2D eigenvalue weighted by Gasteiger charge is -2.07. The molecule has 0 unspecified atom stereocenters. The molecule has 1 aromatic heterocycles. The first-order valence-electron chi connectivity index (χ1n) is 8.30. The third kappa shape index (κ3) is 5.18. The van der Waals surface area contributed by atoms with Gasteiger partial charge >= 0.3 is 0 Å². The van der Waals surface area contributed by atoms with E-state index in [0.717, 1.165) is 17.3 Å². The molecule has 9 nitrogen and oxygen atoms in total. The Bertz CT molecular complexity index is 1010. The molecule has 4 N–H and O–H groups in total. The lowest BCUT2D eigenvalue weighted by molar-refractivity contribution is -0.119. The molecule has 0 radical (unpaired) electrons. The third-order valence-electron chi connectivity index (χ3n) is 3.77. The molecule has 0 saturated heterocycles. The minimum absolute atomic E-state index is 0.0150. The second-order valence-electron chi connectivity index (χ2n) is 5.70. The molecule has 0 bridgehead atoms. The number of benzene rings is 2. The van der Waals surface area contributed by atoms with Crippen LogP contribution in [-0.2, 0) is 4.79 Å². The summed E-state index contributed by atoms with van der Waals surface area (Å²) >= 11 is 6.86. The highest BCUT2D eigenvalue weighted by Crippen LogP contribution is 2.23. The van der Waals surface area contributed by atoms with Crippen molar-refractivity contribution in [2.75, 3.05) is 18.7 Å². The largest absolute Gasteiger partial charge is 0.497 e. The van der Waals surface area contributed by atoms with Crippen LogP contribution in [-0.4, -0.2) is 39.6 Å². The summed E-state index contributed by atoms with van der Waals surface area (Å²) in [6, 6.07) is 13.5. The topological polar surface area (TPSA) is 124 Å². The molecular weight excluding hydrogens is 416 g/mol. The van der Waals surface area contributed by atoms with Crippen LogP contribution in [0.2, 0.25) is 5.02 Å². The molecule has 150 valence electrons. The Balaban J connectivity index is 1.53. The number of amides is 2. The van der Waals surface area contributed by atoms with Crippen LogP contribution >= 0.6 is 23.4 Å². The number of hydrogen-bond donors (Lipinski definition) is 3. The molecule has 3 rings (SSSR count). The molecule has 3 aromatic rings. The molecule has 29 heavy (non-hydrogen) atoms. The molecule has 11 heteroatoms. The van der Waals surface area contributed by atoms with E-state index in [-0.39, 0.29) is 5.75 Å². The zero-order chi connectivity index (χ0) is 20.8. The van der Waals surface area contributed by atoms with Gasteiger partial charge in [0, 0.05) is 16.1 Å². The molecule has 2 amide bonds. The van der Waals surface area contributed by atoms with Crippen LogP contribution in [0.1, 0.15) is 10.4 Å². The number of nitrogens with two attached hydrogens (primary N) is 1. The first-order chi connectivity index (χ1) is 14.0. The average molecular weight is 433 g/mol. The minimum Gasteiger partial charge on any atom is -0.497 e. The Morgan fingerprint density at radius 2 is 1.79 bits per heavy atom. The monoisotopic (exact) mass is 432 g/mol. The van der Waals surface area contributed by atoms with E-state index in [2.05, 4.69) is 21.0 Å². The Labute approximate surface area is 175 Å². The normalized spacial score (nSPS) is 10.4. The number of methoxy groups -OCH3 is 1. The first-order valence-corrected chi connectivity index (χ1v) is 9.66. The van der Waals surface area contributed by atoms with Crippen molar-refractivity contribution in [3.05, 3.63) is 59.1 Å². The standard InChI is InChI=1S/C18H17ClN6O3S/c1-28-14-8-4-11(5-9-14)16-22-24-18(25(16)20)29-10-15(26)21-23-17(27)12-2-6-13(19)7-3-12/h2-9H,10,20H2,1H3,(H,21,26)(H,23,27). The number of hydrogen-bond acceptors (Lipinski definition) is 7. The minimum atomic E-state index is -0.455. The summed E-state index contributed by atoms with van der Waals surface area (Å²) < 4.78 is 6.42. The van der Waals surface area contributed by atoms with Crippen molar-refractivity contribution < 1.29 is 14.3 Å². The van der Waals surface area contributed by atoms with Gasteiger partial charge in [-0.05, 0) is 48.5 Å². The van der Waals surface area contributed by atoms with Crippen molar-refractivity contribution >= 4 is 35.2 Å². The maximum atomic E-state index is 12.0. The third-order valence-corrected chi connectivity index (χ3v) is 4.96. The van der Waals surface area contributed by atoms with E-state index in [1.165, 1.54) is 4.68 Å². The summed E-state index contributed by atoms with van der Waals surface area (Å²) in [7, 11) is 1.58. The van der Waals surface area contributed by atoms with Crippen LogP contribution in [0.25, 0.3) is 11.4 Å². The van der Waals surface area contributed by atoms with Gasteiger partial charge in [0.1, 0.15) is 5.75 Å². The Morgan fingerprint density at radius 1 is 1.10 bits per heavy atom. The highest BCUT2D eigenvalue weighted by molar-refractivity contribution is 7.99. The summed E-state index contributed by atoms with van der Waals surface area (Å²) in [6.07, 6.45) is 0. The summed E-state index contributed by atoms with van der Waals surface area (Å²) in [5.74, 6) is 6.30. The van der Waals surface area contributed by atoms with Crippen molar-refractivity contribution in [3.8, 4) is 17.1 Å². The van der Waals surface area contributed by atoms with Crippen molar-refractivity contribution in [1.29, 1.82) is 0 Å². The van der Waals surface area contributed by atoms with Gasteiger partial charge in [0.05, 0.1) is 12.9 Å². The lowest BCUT2D eigenvalue weighted by Crippen LogP contribution is -2.42. The number of ether oxygens (including phenoxy) is 1. The summed E-state index contributed by atoms with van der Waals surface area (Å²) in [5.41, 5.74) is 5.79. The van der Waals surface area contributed by atoms with E-state index in [1.54, 1.807) is 55.6 Å². The molecule has 0 fully saturated rings. The fraction of sp³-hybridized carbons (Fsp3) is 0.111. The molecule has 0 atom stereocenters. The Morgan fingerprint density at radius 3 is 2.45 bits per heavy atom. The number of rotatable bonds is 6. The first kappa shape index (κ1) is 20.5. The molecule has 0 saturated carbocycles. The van der Waals surface area contributed by atoms with Gasteiger partial charge in [-0.25, -0.2) is 4.68 Å². The van der Waals surface area contributed by atoms with Crippen LogP contribution < -0.4 is 21.4 Å². The molecule has 2 aromatic carbocycles. The molecule has 0 aliphatic heterocycles. The molecule has 1 heterocycles. The number of nitrogens with zero attached hydrogens (tertiary/aromatic N) is 3. The number of nitrogens with one attached hydrogen (secondary N) is 2. The van der Waals surface area contributed by atoms with Crippen LogP contribution in [0.4, 0.5) is 0 Å². The number of thioether (sulfide) groups is 1. The number of aromatic nitrogens is 3. The Hall–Kier alpha value is -3.24. The number of carbonyl (C=O) groups excluding carboxylic acids is 2. The summed E-state index contributed by atoms with van der Waals surface area (Å²) in [5, 5.41) is 8.92. The quantitative estimate of drug-likeness (QED) is 0.308. The maximum Gasteiger partial charge on any atom is 0.269 e. The van der Waals surface area contributed by atoms with Crippen molar-refractivity contribution in [2.24, 2.45) is 0 Å². The summed E-state index contributed by atoms with van der Waals surface area (Å²) in [4.78, 5) is 23.9. The SMILES string of the molecule is COc1ccc(-c2nnc(SCC(=O)NNC(=O)c3ccc(Cl)cc3)n2N)cc1. The van der Waals surface area contributed by atoms with Crippen molar-refractivity contribution in [1.82, 2.24) is 25.7 Å². The summed E-state index contributed by atoms with van der Waals surface area (Å²) in [6.45, 7) is 0. The van der Waals surface area contributed by atoms with Gasteiger partial charge in [0.15, 0.2) is 5.82 Å². The smallest absolute Gasteiger partial charge is 0.269 e. The molecule has 0 aliphatic carbocycles. The van der Waals surface area contributed by atoms with Crippen LogP contribution in [0.3, 0.4) is 0 Å². The van der Waals surface area contributed by atoms with E-state index in [1.807, 2.05) is 0 Å². The molecule has 0 aliphatic rings. The zero-order valence-corrected chi connectivity index (χ0v) is 16.8. The van der Waals surface area contributed by atoms with E-state index < -0.39 is 11.8 Å². The van der Waals surface area contributed by atoms with E-state index in [4.69, 9.17) is 22.2 Å². The van der Waals surface area contributed by atoms with Gasteiger partial charge in [0.2, 0.25) is 11.1 Å². The fourth-order valence-corrected chi connectivity index (χ4v) is 3.06. The van der Waals surface area contributed by atoms with E-state index in [9.17, 15) is 9.59 Å². The van der Waals surface area contributed by atoms with E-state index in [0.29, 0.717) is 27.3 Å². The van der Waals surface area contributed by atoms with Gasteiger partial charge in [-0.3, -0.25) is 20.4 Å². The number of hydrazine groups is 1. The lowest BCUT2D eigenvalue weighted by atomic mass is 10.2. The maximum absolute atomic E-state index is 12.0. The number of nitrogen functional groups attached to an aromatic ring is 1. The Kier molecular flexibility index (Phi) is 6.57. The second-order valence-corrected chi connectivity index (χ2v) is 7.08. The number of carbonyl (C=O) groups is 2. The van der Waals surface area contributed by atoms with Crippen molar-refractivity contribution in [3.63, 3.8) is 0 Å². The zero-order valence-electron chi connectivity index (χ0n) is 15.3. The van der Waals surface area contributed by atoms with E-state index >= 15 is 0 Å². The van der Waals surface area contributed by atoms with Crippen LogP contribution in [0, 0.1) is 0 Å². The fourth-order valence-electron chi connectivity index (χ4n) is 2.28. The van der Waals surface area contributed by atoms with Gasteiger partial charge in [-0.15, -0.1) is 10.2 Å². The van der Waals surface area contributed by atoms with Gasteiger partial charge in [0.25, 0.3) is 5.91 Å².